The van der Waals surface area contributed by atoms with Crippen molar-refractivity contribution in [2.24, 2.45) is 17.8 Å². The summed E-state index contributed by atoms with van der Waals surface area (Å²) in [5.74, 6) is -1.14. The van der Waals surface area contributed by atoms with Gasteiger partial charge in [-0.15, -0.1) is 0 Å². The Bertz CT molecular complexity index is 445. The predicted octanol–water partition coefficient (Wildman–Crippen LogP) is 0.963. The van der Waals surface area contributed by atoms with E-state index in [9.17, 15) is 9.59 Å². The van der Waals surface area contributed by atoms with Crippen LogP contribution in [0.1, 0.15) is 26.2 Å². The van der Waals surface area contributed by atoms with E-state index in [1.807, 2.05) is 0 Å². The lowest BCUT2D eigenvalue weighted by atomic mass is 10.1. The van der Waals surface area contributed by atoms with E-state index in [4.69, 9.17) is 14.7 Å². The molecular weight excluding hydrogens is 272 g/mol. The average molecular weight is 294 g/mol. The molecule has 0 amide bonds. The van der Waals surface area contributed by atoms with Gasteiger partial charge in [-0.25, -0.2) is 0 Å². The fourth-order valence-corrected chi connectivity index (χ4v) is 3.18. The van der Waals surface area contributed by atoms with Crippen LogP contribution in [0.25, 0.3) is 0 Å². The van der Waals surface area contributed by atoms with Crippen LogP contribution >= 0.6 is 0 Å². The van der Waals surface area contributed by atoms with Crippen LogP contribution in [-0.2, 0) is 19.1 Å². The van der Waals surface area contributed by atoms with Gasteiger partial charge in [0.05, 0.1) is 17.9 Å². The second-order valence-electron chi connectivity index (χ2n) is 5.86. The molecule has 2 aliphatic rings. The first-order valence-electron chi connectivity index (χ1n) is 7.44. The zero-order valence-corrected chi connectivity index (χ0v) is 12.6. The molecule has 6 heteroatoms. The fraction of sp³-hybridized carbons (Fsp3) is 0.800. The summed E-state index contributed by atoms with van der Waals surface area (Å²) >= 11 is 0. The van der Waals surface area contributed by atoms with E-state index in [1.54, 1.807) is 0 Å². The molecule has 0 N–H and O–H groups in total. The van der Waals surface area contributed by atoms with Gasteiger partial charge in [0.2, 0.25) is 0 Å². The normalized spacial score (nSPS) is 31.5. The van der Waals surface area contributed by atoms with Gasteiger partial charge in [0.25, 0.3) is 0 Å². The first-order valence-corrected chi connectivity index (χ1v) is 7.44. The molecule has 0 radical (unpaired) electrons. The number of hydrogen-bond acceptors (Lipinski definition) is 6. The smallest absolute Gasteiger partial charge is 0.310 e. The van der Waals surface area contributed by atoms with Crippen molar-refractivity contribution in [2.75, 3.05) is 26.8 Å². The van der Waals surface area contributed by atoms with Crippen LogP contribution in [0, 0.1) is 29.1 Å². The van der Waals surface area contributed by atoms with Gasteiger partial charge in [-0.1, -0.05) is 0 Å². The van der Waals surface area contributed by atoms with Gasteiger partial charge in [-0.05, 0) is 38.8 Å². The zero-order chi connectivity index (χ0) is 15.4. The molecule has 0 aromatic carbocycles. The lowest BCUT2D eigenvalue weighted by molar-refractivity contribution is -0.152. The number of rotatable bonds is 6. The van der Waals surface area contributed by atoms with E-state index in [2.05, 4.69) is 18.0 Å². The first-order chi connectivity index (χ1) is 10.0. The second-order valence-corrected chi connectivity index (χ2v) is 5.86. The van der Waals surface area contributed by atoms with Crippen molar-refractivity contribution in [3.63, 3.8) is 0 Å². The van der Waals surface area contributed by atoms with Gasteiger partial charge in [0, 0.05) is 13.0 Å². The predicted molar refractivity (Wildman–Crippen MR) is 73.9 cm³/mol. The monoisotopic (exact) mass is 294 g/mol. The van der Waals surface area contributed by atoms with E-state index in [0.717, 1.165) is 19.4 Å². The Balaban J connectivity index is 1.75. The number of esters is 2. The lowest BCUT2D eigenvalue weighted by Crippen LogP contribution is -2.25. The van der Waals surface area contributed by atoms with E-state index in [0.29, 0.717) is 6.04 Å². The van der Waals surface area contributed by atoms with Crippen molar-refractivity contribution >= 4 is 11.9 Å². The van der Waals surface area contributed by atoms with Crippen LogP contribution in [-0.4, -0.2) is 49.7 Å². The molecule has 2 rings (SSSR count). The molecule has 2 fully saturated rings. The maximum Gasteiger partial charge on any atom is 0.310 e. The molecule has 0 aromatic heterocycles. The van der Waals surface area contributed by atoms with E-state index in [1.165, 1.54) is 13.3 Å². The van der Waals surface area contributed by atoms with Gasteiger partial charge in [-0.2, -0.15) is 5.26 Å². The molecule has 21 heavy (non-hydrogen) atoms. The van der Waals surface area contributed by atoms with Gasteiger partial charge >= 0.3 is 11.9 Å². The van der Waals surface area contributed by atoms with E-state index < -0.39 is 5.97 Å². The Hall–Kier alpha value is -1.61. The number of nitriles is 1. The molecule has 116 valence electrons. The molecular formula is C15H22N2O4. The number of hydrogen-bond donors (Lipinski definition) is 0. The Morgan fingerprint density at radius 2 is 2.05 bits per heavy atom. The molecule has 4 atom stereocenters. The average Bonchev–Trinajstić information content (AvgIpc) is 2.99. The number of likely N-dealkylation sites (tertiary alicyclic amines) is 1. The Morgan fingerprint density at radius 3 is 2.62 bits per heavy atom. The van der Waals surface area contributed by atoms with Crippen LogP contribution in [0.4, 0.5) is 0 Å². The summed E-state index contributed by atoms with van der Waals surface area (Å²) in [5.41, 5.74) is 0. The van der Waals surface area contributed by atoms with Gasteiger partial charge < -0.3 is 14.4 Å². The minimum atomic E-state index is -0.394. The molecule has 1 aliphatic heterocycles. The number of ether oxygens (including phenoxy) is 2. The van der Waals surface area contributed by atoms with Crippen LogP contribution in [0.15, 0.2) is 0 Å². The number of carbonyl (C=O) groups excluding carboxylic acids is 2. The Morgan fingerprint density at radius 1 is 1.33 bits per heavy atom. The molecule has 1 saturated carbocycles. The van der Waals surface area contributed by atoms with Crippen LogP contribution in [0.2, 0.25) is 0 Å². The number of nitrogens with zero attached hydrogens (tertiary/aromatic N) is 2. The van der Waals surface area contributed by atoms with Crippen molar-refractivity contribution < 1.29 is 19.1 Å². The molecule has 6 nitrogen and oxygen atoms in total. The minimum absolute atomic E-state index is 0.0586. The lowest BCUT2D eigenvalue weighted by Gasteiger charge is -2.18. The third-order valence-corrected chi connectivity index (χ3v) is 4.44. The highest BCUT2D eigenvalue weighted by Crippen LogP contribution is 2.50. The molecule has 1 saturated heterocycles. The molecule has 0 bridgehead atoms. The third kappa shape index (κ3) is 3.94. The van der Waals surface area contributed by atoms with E-state index >= 15 is 0 Å². The Labute approximate surface area is 125 Å². The highest BCUT2D eigenvalue weighted by molar-refractivity contribution is 5.77. The third-order valence-electron chi connectivity index (χ3n) is 4.44. The van der Waals surface area contributed by atoms with Crippen LogP contribution in [0.3, 0.4) is 0 Å². The van der Waals surface area contributed by atoms with Crippen LogP contribution < -0.4 is 0 Å². The number of carbonyl (C=O) groups is 2. The topological polar surface area (TPSA) is 79.6 Å². The molecule has 0 aromatic rings. The quantitative estimate of drug-likeness (QED) is 0.536. The maximum absolute atomic E-state index is 12.0. The fourth-order valence-electron chi connectivity index (χ4n) is 3.18. The largest absolute Gasteiger partial charge is 0.462 e. The van der Waals surface area contributed by atoms with Crippen molar-refractivity contribution in [2.45, 2.75) is 32.2 Å². The van der Waals surface area contributed by atoms with Crippen molar-refractivity contribution in [3.8, 4) is 6.07 Å². The standard InChI is InChI=1S/C15H22N2O4/c1-10(18)20-6-7-21-15(19)14-12(13(14)9-16)8-11-4-3-5-17(11)2/h11-14H,3-8H2,1-2H3. The second kappa shape index (κ2) is 6.90. The summed E-state index contributed by atoms with van der Waals surface area (Å²) in [4.78, 5) is 24.9. The molecule has 1 aliphatic carbocycles. The highest BCUT2D eigenvalue weighted by atomic mass is 16.6. The maximum atomic E-state index is 12.0. The molecule has 0 spiro atoms. The van der Waals surface area contributed by atoms with E-state index in [-0.39, 0.29) is 36.9 Å². The van der Waals surface area contributed by atoms with Crippen molar-refractivity contribution in [1.29, 1.82) is 5.26 Å². The Kier molecular flexibility index (Phi) is 5.18. The summed E-state index contributed by atoms with van der Waals surface area (Å²) in [5, 5.41) is 9.14. The summed E-state index contributed by atoms with van der Waals surface area (Å²) in [6, 6.07) is 2.69. The summed E-state index contributed by atoms with van der Waals surface area (Å²) in [7, 11) is 2.09. The van der Waals surface area contributed by atoms with Crippen LogP contribution in [0.5, 0.6) is 0 Å². The highest BCUT2D eigenvalue weighted by Gasteiger charge is 2.57. The van der Waals surface area contributed by atoms with Gasteiger partial charge in [0.15, 0.2) is 0 Å². The van der Waals surface area contributed by atoms with Crippen molar-refractivity contribution in [1.82, 2.24) is 4.90 Å². The van der Waals surface area contributed by atoms with Gasteiger partial charge in [0.1, 0.15) is 13.2 Å². The summed E-state index contributed by atoms with van der Waals surface area (Å²) in [6.45, 7) is 2.53. The molecule has 4 unspecified atom stereocenters. The SMILES string of the molecule is CC(=O)OCCOC(=O)C1C(C#N)C1CC1CCCN1C. The molecule has 1 heterocycles. The minimum Gasteiger partial charge on any atom is -0.462 e. The summed E-state index contributed by atoms with van der Waals surface area (Å²) in [6.07, 6.45) is 3.21. The first kappa shape index (κ1) is 15.8. The van der Waals surface area contributed by atoms with Gasteiger partial charge in [-0.3, -0.25) is 9.59 Å². The summed E-state index contributed by atoms with van der Waals surface area (Å²) < 4.78 is 9.80. The van der Waals surface area contributed by atoms with Crippen molar-refractivity contribution in [3.05, 3.63) is 0 Å². The zero-order valence-electron chi connectivity index (χ0n) is 12.6.